The molecule has 0 unspecified atom stereocenters. The van der Waals surface area contributed by atoms with E-state index in [0.29, 0.717) is 24.8 Å². The van der Waals surface area contributed by atoms with Crippen molar-refractivity contribution in [3.05, 3.63) is 29.3 Å². The molecule has 1 saturated carbocycles. The van der Waals surface area contributed by atoms with Gasteiger partial charge in [0.25, 0.3) is 5.91 Å². The summed E-state index contributed by atoms with van der Waals surface area (Å²) in [4.78, 5) is 23.7. The summed E-state index contributed by atoms with van der Waals surface area (Å²) in [5.41, 5.74) is 0.895. The molecule has 1 aromatic carbocycles. The first-order valence-corrected chi connectivity index (χ1v) is 9.49. The second-order valence-electron chi connectivity index (χ2n) is 5.90. The van der Waals surface area contributed by atoms with Crippen LogP contribution >= 0.6 is 0 Å². The van der Waals surface area contributed by atoms with Crippen molar-refractivity contribution in [3.8, 4) is 0 Å². The zero-order valence-corrected chi connectivity index (χ0v) is 14.0. The normalized spacial score (nSPS) is 21.1. The number of benzene rings is 1. The van der Waals surface area contributed by atoms with Gasteiger partial charge in [-0.25, -0.2) is 8.42 Å². The lowest BCUT2D eigenvalue weighted by atomic mass is 10.0. The third-order valence-corrected chi connectivity index (χ3v) is 5.44. The minimum absolute atomic E-state index is 0.147. The second-order valence-corrected chi connectivity index (χ2v) is 7.89. The lowest BCUT2D eigenvalue weighted by Gasteiger charge is -2.18. The maximum absolute atomic E-state index is 12.3. The van der Waals surface area contributed by atoms with Crippen molar-refractivity contribution in [1.29, 1.82) is 0 Å². The van der Waals surface area contributed by atoms with Gasteiger partial charge in [0.1, 0.15) is 0 Å². The van der Waals surface area contributed by atoms with Crippen LogP contribution in [0.2, 0.25) is 0 Å². The van der Waals surface area contributed by atoms with Crippen molar-refractivity contribution < 1.29 is 23.1 Å². The quantitative estimate of drug-likeness (QED) is 0.849. The van der Waals surface area contributed by atoms with Crippen LogP contribution in [0.25, 0.3) is 0 Å². The highest BCUT2D eigenvalue weighted by molar-refractivity contribution is 7.90. The van der Waals surface area contributed by atoms with Crippen molar-refractivity contribution in [2.45, 2.75) is 43.5 Å². The predicted molar refractivity (Wildman–Crippen MR) is 85.2 cm³/mol. The van der Waals surface area contributed by atoms with Gasteiger partial charge in [-0.3, -0.25) is 9.59 Å². The first-order chi connectivity index (χ1) is 10.7. The molecule has 1 amide bonds. The van der Waals surface area contributed by atoms with E-state index in [1.165, 1.54) is 6.07 Å². The molecule has 2 N–H and O–H groups in total. The molecule has 1 aromatic rings. The third-order valence-electron chi connectivity index (χ3n) is 4.26. The van der Waals surface area contributed by atoms with Crippen molar-refractivity contribution >= 4 is 21.7 Å². The summed E-state index contributed by atoms with van der Waals surface area (Å²) >= 11 is 0. The van der Waals surface area contributed by atoms with Gasteiger partial charge in [-0.2, -0.15) is 0 Å². The van der Waals surface area contributed by atoms with Crippen molar-refractivity contribution in [1.82, 2.24) is 5.32 Å². The average molecular weight is 339 g/mol. The number of hydrogen-bond donors (Lipinski definition) is 2. The fourth-order valence-corrected chi connectivity index (χ4v) is 4.04. The molecule has 7 heteroatoms. The molecule has 6 nitrogen and oxygen atoms in total. The summed E-state index contributed by atoms with van der Waals surface area (Å²) in [5.74, 6) is -1.93. The number of sulfone groups is 1. The average Bonchev–Trinajstić information content (AvgIpc) is 2.94. The summed E-state index contributed by atoms with van der Waals surface area (Å²) in [6.45, 7) is 1.85. The number of carboxylic acids is 1. The van der Waals surface area contributed by atoms with Gasteiger partial charge in [0.15, 0.2) is 9.84 Å². The molecule has 1 aliphatic rings. The maximum Gasteiger partial charge on any atom is 0.308 e. The van der Waals surface area contributed by atoms with E-state index in [1.54, 1.807) is 12.1 Å². The molecular weight excluding hydrogens is 318 g/mol. The minimum atomic E-state index is -3.43. The van der Waals surface area contributed by atoms with Crippen molar-refractivity contribution in [2.24, 2.45) is 5.92 Å². The number of carbonyl (C=O) groups excluding carboxylic acids is 1. The molecule has 2 atom stereocenters. The first kappa shape index (κ1) is 17.5. The molecule has 0 radical (unpaired) electrons. The van der Waals surface area contributed by atoms with Crippen LogP contribution < -0.4 is 5.32 Å². The Hall–Kier alpha value is -1.89. The number of hydrogen-bond acceptors (Lipinski definition) is 4. The van der Waals surface area contributed by atoms with Crippen LogP contribution in [-0.2, 0) is 21.1 Å². The van der Waals surface area contributed by atoms with Crippen LogP contribution in [0.1, 0.15) is 42.1 Å². The van der Waals surface area contributed by atoms with Gasteiger partial charge in [-0.1, -0.05) is 19.4 Å². The molecule has 2 rings (SSSR count). The Bertz CT molecular complexity index is 726. The number of aryl methyl sites for hydroxylation is 1. The summed E-state index contributed by atoms with van der Waals surface area (Å²) in [7, 11) is -3.43. The number of carbonyl (C=O) groups is 2. The Morgan fingerprint density at radius 1 is 1.30 bits per heavy atom. The molecule has 0 aromatic heterocycles. The standard InChI is InChI=1S/C16H21NO5S/c1-3-10-7-8-11(9-14(10)23(2,21)22)15(18)17-13-6-4-5-12(13)16(19)20/h7-9,12-13H,3-6H2,1-2H3,(H,17,18)(H,19,20)/t12-,13+/m0/s1. The van der Waals surface area contributed by atoms with Gasteiger partial charge in [0.05, 0.1) is 10.8 Å². The summed E-state index contributed by atoms with van der Waals surface area (Å²) in [5, 5.41) is 11.9. The molecule has 126 valence electrons. The van der Waals surface area contributed by atoms with Crippen molar-refractivity contribution in [2.75, 3.05) is 6.26 Å². The molecule has 0 heterocycles. The fourth-order valence-electron chi connectivity index (χ4n) is 3.01. The van der Waals surface area contributed by atoms with Gasteiger partial charge < -0.3 is 10.4 Å². The highest BCUT2D eigenvalue weighted by atomic mass is 32.2. The fraction of sp³-hybridized carbons (Fsp3) is 0.500. The zero-order valence-electron chi connectivity index (χ0n) is 13.2. The molecule has 23 heavy (non-hydrogen) atoms. The molecule has 0 saturated heterocycles. The lowest BCUT2D eigenvalue weighted by molar-refractivity contribution is -0.142. The summed E-state index contributed by atoms with van der Waals surface area (Å²) in [6, 6.07) is 4.17. The molecular formula is C16H21NO5S. The lowest BCUT2D eigenvalue weighted by Crippen LogP contribution is -2.40. The number of aliphatic carboxylic acids is 1. The van der Waals surface area contributed by atoms with Crippen LogP contribution in [0, 0.1) is 5.92 Å². The topological polar surface area (TPSA) is 101 Å². The number of nitrogens with one attached hydrogen (secondary N) is 1. The largest absolute Gasteiger partial charge is 0.481 e. The van der Waals surface area contributed by atoms with E-state index in [4.69, 9.17) is 5.11 Å². The van der Waals surface area contributed by atoms with E-state index in [2.05, 4.69) is 5.32 Å². The van der Waals surface area contributed by atoms with E-state index < -0.39 is 33.7 Å². The van der Waals surface area contributed by atoms with Gasteiger partial charge in [-0.15, -0.1) is 0 Å². The van der Waals surface area contributed by atoms with E-state index in [0.717, 1.165) is 12.7 Å². The Balaban J connectivity index is 2.25. The Kier molecular flexibility index (Phi) is 5.09. The second kappa shape index (κ2) is 6.70. The molecule has 0 spiro atoms. The van der Waals surface area contributed by atoms with E-state index in [1.807, 2.05) is 6.92 Å². The van der Waals surface area contributed by atoms with Gasteiger partial charge in [0, 0.05) is 17.9 Å². The Labute approximate surface area is 135 Å². The highest BCUT2D eigenvalue weighted by Gasteiger charge is 2.34. The van der Waals surface area contributed by atoms with Crippen LogP contribution in [0.4, 0.5) is 0 Å². The predicted octanol–water partition coefficient (Wildman–Crippen LogP) is 1.64. The summed E-state index contributed by atoms with van der Waals surface area (Å²) < 4.78 is 23.7. The van der Waals surface area contributed by atoms with Gasteiger partial charge in [-0.05, 0) is 37.0 Å². The first-order valence-electron chi connectivity index (χ1n) is 7.60. The Morgan fingerprint density at radius 3 is 2.57 bits per heavy atom. The smallest absolute Gasteiger partial charge is 0.308 e. The monoisotopic (exact) mass is 339 g/mol. The van der Waals surface area contributed by atoms with E-state index in [9.17, 15) is 18.0 Å². The molecule has 1 fully saturated rings. The van der Waals surface area contributed by atoms with E-state index >= 15 is 0 Å². The van der Waals surface area contributed by atoms with Crippen LogP contribution in [0.5, 0.6) is 0 Å². The third kappa shape index (κ3) is 3.90. The maximum atomic E-state index is 12.3. The number of carboxylic acid groups (broad SMARTS) is 1. The Morgan fingerprint density at radius 2 is 2.00 bits per heavy atom. The zero-order chi connectivity index (χ0) is 17.2. The molecule has 0 bridgehead atoms. The van der Waals surface area contributed by atoms with Gasteiger partial charge >= 0.3 is 5.97 Å². The number of amides is 1. The van der Waals surface area contributed by atoms with Gasteiger partial charge in [0.2, 0.25) is 0 Å². The minimum Gasteiger partial charge on any atom is -0.481 e. The summed E-state index contributed by atoms with van der Waals surface area (Å²) in [6.07, 6.45) is 3.58. The van der Waals surface area contributed by atoms with E-state index in [-0.39, 0.29) is 10.5 Å². The van der Waals surface area contributed by atoms with Crippen molar-refractivity contribution in [3.63, 3.8) is 0 Å². The number of rotatable bonds is 5. The van der Waals surface area contributed by atoms with Crippen LogP contribution in [0.15, 0.2) is 23.1 Å². The molecule has 0 aliphatic heterocycles. The SMILES string of the molecule is CCc1ccc(C(=O)N[C@@H]2CCC[C@@H]2C(=O)O)cc1S(C)(=O)=O. The molecule has 1 aliphatic carbocycles. The highest BCUT2D eigenvalue weighted by Crippen LogP contribution is 2.26. The van der Waals surface area contributed by atoms with Crippen LogP contribution in [-0.4, -0.2) is 37.7 Å². The van der Waals surface area contributed by atoms with Crippen LogP contribution in [0.3, 0.4) is 0 Å².